The second kappa shape index (κ2) is 6.90. The zero-order chi connectivity index (χ0) is 17.4. The average Bonchev–Trinajstić information content (AvgIpc) is 3.32. The Morgan fingerprint density at radius 2 is 1.88 bits per heavy atom. The highest BCUT2D eigenvalue weighted by atomic mass is 16.5. The van der Waals surface area contributed by atoms with Crippen LogP contribution < -0.4 is 11.1 Å². The van der Waals surface area contributed by atoms with Gasteiger partial charge in [0.25, 0.3) is 5.91 Å². The summed E-state index contributed by atoms with van der Waals surface area (Å²) in [5.41, 5.74) is 6.29. The normalized spacial score (nSPS) is 32.0. The molecule has 1 aromatic heterocycles. The maximum absolute atomic E-state index is 12.3. The Kier molecular flexibility index (Phi) is 4.63. The number of aromatic nitrogens is 1. The summed E-state index contributed by atoms with van der Waals surface area (Å²) in [6.45, 7) is 0. The third-order valence-electron chi connectivity index (χ3n) is 6.15. The fourth-order valence-electron chi connectivity index (χ4n) is 4.09. The van der Waals surface area contributed by atoms with Crippen LogP contribution in [0.3, 0.4) is 0 Å². The van der Waals surface area contributed by atoms with Crippen molar-refractivity contribution in [3.05, 3.63) is 17.5 Å². The van der Waals surface area contributed by atoms with Crippen molar-refractivity contribution in [1.82, 2.24) is 10.5 Å². The lowest BCUT2D eigenvalue weighted by atomic mass is 9.73. The minimum absolute atomic E-state index is 0.0890. The smallest absolute Gasteiger partial charge is 0.273 e. The number of nitrogens with zero attached hydrogens (tertiary/aromatic N) is 1. The van der Waals surface area contributed by atoms with E-state index in [9.17, 15) is 9.59 Å². The summed E-state index contributed by atoms with van der Waals surface area (Å²) in [5, 5.41) is 6.96. The van der Waals surface area contributed by atoms with Crippen molar-refractivity contribution in [2.24, 2.45) is 17.6 Å². The zero-order valence-electron chi connectivity index (χ0n) is 14.6. The van der Waals surface area contributed by atoms with E-state index in [1.54, 1.807) is 6.07 Å². The summed E-state index contributed by atoms with van der Waals surface area (Å²) in [4.78, 5) is 24.5. The number of amides is 1. The first-order valence-corrected chi connectivity index (χ1v) is 9.66. The van der Waals surface area contributed by atoms with Crippen molar-refractivity contribution in [3.63, 3.8) is 0 Å². The van der Waals surface area contributed by atoms with Crippen LogP contribution in [0.5, 0.6) is 0 Å². The molecular formula is C19H27N3O3. The molecule has 3 aliphatic carbocycles. The number of nitrogens with one attached hydrogen (secondary N) is 1. The van der Waals surface area contributed by atoms with E-state index in [0.29, 0.717) is 29.7 Å². The molecule has 0 bridgehead atoms. The quantitative estimate of drug-likeness (QED) is 0.825. The first-order chi connectivity index (χ1) is 12.1. The van der Waals surface area contributed by atoms with E-state index >= 15 is 0 Å². The zero-order valence-corrected chi connectivity index (χ0v) is 14.6. The van der Waals surface area contributed by atoms with Gasteiger partial charge in [-0.15, -0.1) is 0 Å². The van der Waals surface area contributed by atoms with Crippen LogP contribution in [0.25, 0.3) is 0 Å². The molecule has 6 nitrogen and oxygen atoms in total. The Morgan fingerprint density at radius 3 is 2.48 bits per heavy atom. The van der Waals surface area contributed by atoms with Gasteiger partial charge in [-0.25, -0.2) is 0 Å². The third-order valence-corrected chi connectivity index (χ3v) is 6.15. The highest BCUT2D eigenvalue weighted by Crippen LogP contribution is 2.40. The first kappa shape index (κ1) is 16.8. The van der Waals surface area contributed by atoms with Crippen LogP contribution in [0.15, 0.2) is 10.6 Å². The van der Waals surface area contributed by atoms with E-state index in [1.807, 2.05) is 0 Å². The lowest BCUT2D eigenvalue weighted by molar-refractivity contribution is -0.127. The van der Waals surface area contributed by atoms with Gasteiger partial charge in [0.2, 0.25) is 0 Å². The SMILES string of the molecule is NC1CCC1C(=O)CC1CCC(NC(=O)c2cc(C3CC3)on2)CC1. The maximum atomic E-state index is 12.3. The van der Waals surface area contributed by atoms with Gasteiger partial charge in [-0.3, -0.25) is 9.59 Å². The molecule has 0 radical (unpaired) electrons. The Morgan fingerprint density at radius 1 is 1.12 bits per heavy atom. The lowest BCUT2D eigenvalue weighted by Gasteiger charge is -2.34. The molecule has 1 heterocycles. The van der Waals surface area contributed by atoms with Gasteiger partial charge in [-0.1, -0.05) is 5.16 Å². The Labute approximate surface area is 147 Å². The Hall–Kier alpha value is -1.69. The minimum atomic E-state index is -0.143. The van der Waals surface area contributed by atoms with Crippen molar-refractivity contribution in [2.75, 3.05) is 0 Å². The molecule has 2 atom stereocenters. The van der Waals surface area contributed by atoms with Gasteiger partial charge >= 0.3 is 0 Å². The second-order valence-electron chi connectivity index (χ2n) is 8.10. The Bertz CT molecular complexity index is 644. The molecule has 1 amide bonds. The summed E-state index contributed by atoms with van der Waals surface area (Å²) in [5.74, 6) is 2.05. The number of carbonyl (C=O) groups excluding carboxylic acids is 2. The fourth-order valence-corrected chi connectivity index (χ4v) is 4.09. The van der Waals surface area contributed by atoms with Crippen LogP contribution in [0.1, 0.15) is 80.0 Å². The molecule has 0 spiro atoms. The van der Waals surface area contributed by atoms with Crippen molar-refractivity contribution in [1.29, 1.82) is 0 Å². The van der Waals surface area contributed by atoms with Gasteiger partial charge in [0.05, 0.1) is 0 Å². The maximum Gasteiger partial charge on any atom is 0.273 e. The number of carbonyl (C=O) groups is 2. The standard InChI is InChI=1S/C19H27N3O3/c20-15-8-7-14(15)17(23)9-11-1-5-13(6-2-11)21-19(24)16-10-18(25-22-16)12-3-4-12/h10-15H,1-9,20H2,(H,21,24). The van der Waals surface area contributed by atoms with Gasteiger partial charge in [-0.05, 0) is 57.3 Å². The molecule has 0 aliphatic heterocycles. The molecule has 136 valence electrons. The summed E-state index contributed by atoms with van der Waals surface area (Å²) in [7, 11) is 0. The van der Waals surface area contributed by atoms with E-state index in [4.69, 9.17) is 10.3 Å². The highest BCUT2D eigenvalue weighted by molar-refractivity contribution is 5.92. The van der Waals surface area contributed by atoms with Gasteiger partial charge in [0.15, 0.2) is 5.69 Å². The Balaban J connectivity index is 1.21. The summed E-state index contributed by atoms with van der Waals surface area (Å²) in [6.07, 6.45) is 8.70. The van der Waals surface area contributed by atoms with Crippen molar-refractivity contribution in [3.8, 4) is 0 Å². The number of Topliss-reactive ketones (excluding diaryl/α,β-unsaturated/α-hetero) is 1. The molecule has 25 heavy (non-hydrogen) atoms. The molecule has 4 rings (SSSR count). The van der Waals surface area contributed by atoms with Crippen LogP contribution >= 0.6 is 0 Å². The third kappa shape index (κ3) is 3.78. The van der Waals surface area contributed by atoms with Crippen LogP contribution in [0.4, 0.5) is 0 Å². The van der Waals surface area contributed by atoms with Crippen molar-refractivity contribution >= 4 is 11.7 Å². The molecule has 0 aromatic carbocycles. The van der Waals surface area contributed by atoms with Crippen molar-refractivity contribution in [2.45, 2.75) is 75.8 Å². The van der Waals surface area contributed by atoms with E-state index in [2.05, 4.69) is 10.5 Å². The fraction of sp³-hybridized carbons (Fsp3) is 0.737. The predicted molar refractivity (Wildman–Crippen MR) is 92.0 cm³/mol. The molecular weight excluding hydrogens is 318 g/mol. The van der Waals surface area contributed by atoms with E-state index in [1.165, 1.54) is 0 Å². The minimum Gasteiger partial charge on any atom is -0.360 e. The largest absolute Gasteiger partial charge is 0.360 e. The van der Waals surface area contributed by atoms with Gasteiger partial charge < -0.3 is 15.6 Å². The lowest BCUT2D eigenvalue weighted by Crippen LogP contribution is -2.44. The molecule has 3 N–H and O–H groups in total. The summed E-state index contributed by atoms with van der Waals surface area (Å²) in [6, 6.07) is 2.04. The number of rotatable bonds is 6. The van der Waals surface area contributed by atoms with Crippen LogP contribution in [-0.4, -0.2) is 28.9 Å². The molecule has 3 aliphatic rings. The number of ketones is 1. The molecule has 6 heteroatoms. The summed E-state index contributed by atoms with van der Waals surface area (Å²) >= 11 is 0. The van der Waals surface area contributed by atoms with E-state index in [0.717, 1.165) is 57.1 Å². The van der Waals surface area contributed by atoms with Gasteiger partial charge in [-0.2, -0.15) is 0 Å². The molecule has 3 fully saturated rings. The van der Waals surface area contributed by atoms with E-state index in [-0.39, 0.29) is 23.9 Å². The molecule has 1 aromatic rings. The highest BCUT2D eigenvalue weighted by Gasteiger charge is 2.35. The van der Waals surface area contributed by atoms with Crippen molar-refractivity contribution < 1.29 is 14.1 Å². The second-order valence-corrected chi connectivity index (χ2v) is 8.10. The number of hydrogen-bond acceptors (Lipinski definition) is 5. The number of nitrogens with two attached hydrogens (primary N) is 1. The molecule has 2 unspecified atom stereocenters. The van der Waals surface area contributed by atoms with Gasteiger partial charge in [0.1, 0.15) is 11.5 Å². The topological polar surface area (TPSA) is 98.2 Å². The van der Waals surface area contributed by atoms with Gasteiger partial charge in [0, 0.05) is 36.4 Å². The van der Waals surface area contributed by atoms with Crippen LogP contribution in [0, 0.1) is 11.8 Å². The molecule has 0 saturated heterocycles. The summed E-state index contributed by atoms with van der Waals surface area (Å²) < 4.78 is 5.25. The monoisotopic (exact) mass is 345 g/mol. The first-order valence-electron chi connectivity index (χ1n) is 9.66. The van der Waals surface area contributed by atoms with E-state index < -0.39 is 0 Å². The number of hydrogen-bond donors (Lipinski definition) is 2. The van der Waals surface area contributed by atoms with Crippen LogP contribution in [-0.2, 0) is 4.79 Å². The predicted octanol–water partition coefficient (Wildman–Crippen LogP) is 2.54. The van der Waals surface area contributed by atoms with Crippen LogP contribution in [0.2, 0.25) is 0 Å². The average molecular weight is 345 g/mol. The molecule has 3 saturated carbocycles.